The van der Waals surface area contributed by atoms with Crippen LogP contribution in [0.3, 0.4) is 0 Å². The van der Waals surface area contributed by atoms with Crippen molar-refractivity contribution in [3.05, 3.63) is 58.6 Å². The third-order valence-electron chi connectivity index (χ3n) is 3.36. The quantitative estimate of drug-likeness (QED) is 0.843. The van der Waals surface area contributed by atoms with Gasteiger partial charge in [-0.05, 0) is 42.3 Å². The molecule has 0 spiro atoms. The van der Waals surface area contributed by atoms with Gasteiger partial charge >= 0.3 is 0 Å². The fraction of sp³-hybridized carbons (Fsp3) is 0.222. The minimum absolute atomic E-state index is 0.167. The van der Waals surface area contributed by atoms with E-state index in [9.17, 15) is 9.59 Å². The first-order valence-corrected chi connectivity index (χ1v) is 7.85. The molecule has 24 heavy (non-hydrogen) atoms. The SMILES string of the molecule is COc1ccc(CCNC(=O)c2cccc(Cl)c2)cc1NC(C)=O. The predicted octanol–water partition coefficient (Wildman–Crippen LogP) is 3.28. The van der Waals surface area contributed by atoms with Gasteiger partial charge in [0.1, 0.15) is 5.75 Å². The van der Waals surface area contributed by atoms with Crippen LogP contribution in [-0.2, 0) is 11.2 Å². The fourth-order valence-corrected chi connectivity index (χ4v) is 2.44. The lowest BCUT2D eigenvalue weighted by Crippen LogP contribution is -2.25. The maximum absolute atomic E-state index is 12.1. The van der Waals surface area contributed by atoms with Crippen LogP contribution >= 0.6 is 11.6 Å². The van der Waals surface area contributed by atoms with Crippen LogP contribution in [0.15, 0.2) is 42.5 Å². The molecule has 0 fully saturated rings. The standard InChI is InChI=1S/C18H19ClN2O3/c1-12(22)21-16-10-13(6-7-17(16)24-2)8-9-20-18(23)14-4-3-5-15(19)11-14/h3-7,10-11H,8-9H2,1-2H3,(H,20,23)(H,21,22). The molecule has 0 saturated heterocycles. The highest BCUT2D eigenvalue weighted by molar-refractivity contribution is 6.30. The van der Waals surface area contributed by atoms with Crippen molar-refractivity contribution in [2.45, 2.75) is 13.3 Å². The van der Waals surface area contributed by atoms with Gasteiger partial charge in [-0.3, -0.25) is 9.59 Å². The molecule has 0 aliphatic carbocycles. The Morgan fingerprint density at radius 3 is 2.62 bits per heavy atom. The van der Waals surface area contributed by atoms with E-state index < -0.39 is 0 Å². The smallest absolute Gasteiger partial charge is 0.251 e. The third-order valence-corrected chi connectivity index (χ3v) is 3.60. The first-order valence-electron chi connectivity index (χ1n) is 7.48. The van der Waals surface area contributed by atoms with Crippen molar-refractivity contribution in [2.75, 3.05) is 19.0 Å². The van der Waals surface area contributed by atoms with Gasteiger partial charge in [0, 0.05) is 24.1 Å². The van der Waals surface area contributed by atoms with Gasteiger partial charge in [-0.15, -0.1) is 0 Å². The molecule has 2 rings (SSSR count). The molecule has 0 aliphatic rings. The predicted molar refractivity (Wildman–Crippen MR) is 94.8 cm³/mol. The number of carbonyl (C=O) groups excluding carboxylic acids is 2. The highest BCUT2D eigenvalue weighted by Crippen LogP contribution is 2.25. The lowest BCUT2D eigenvalue weighted by atomic mass is 10.1. The summed E-state index contributed by atoms with van der Waals surface area (Å²) >= 11 is 5.88. The summed E-state index contributed by atoms with van der Waals surface area (Å²) < 4.78 is 5.22. The average Bonchev–Trinajstić information content (AvgIpc) is 2.54. The molecule has 2 N–H and O–H groups in total. The van der Waals surface area contributed by atoms with Gasteiger partial charge in [-0.25, -0.2) is 0 Å². The Hall–Kier alpha value is -2.53. The van der Waals surface area contributed by atoms with Gasteiger partial charge in [0.15, 0.2) is 0 Å². The van der Waals surface area contributed by atoms with Crippen LogP contribution < -0.4 is 15.4 Å². The molecule has 0 saturated carbocycles. The number of halogens is 1. The van der Waals surface area contributed by atoms with Crippen molar-refractivity contribution in [2.24, 2.45) is 0 Å². The van der Waals surface area contributed by atoms with Crippen molar-refractivity contribution in [3.63, 3.8) is 0 Å². The van der Waals surface area contributed by atoms with E-state index in [0.717, 1.165) is 5.56 Å². The lowest BCUT2D eigenvalue weighted by molar-refractivity contribution is -0.114. The number of carbonyl (C=O) groups is 2. The molecule has 6 heteroatoms. The van der Waals surface area contributed by atoms with E-state index in [-0.39, 0.29) is 11.8 Å². The van der Waals surface area contributed by atoms with Crippen LogP contribution in [-0.4, -0.2) is 25.5 Å². The summed E-state index contributed by atoms with van der Waals surface area (Å²) in [5, 5.41) is 6.10. The van der Waals surface area contributed by atoms with Crippen LogP contribution in [0.4, 0.5) is 5.69 Å². The Morgan fingerprint density at radius 2 is 1.96 bits per heavy atom. The summed E-state index contributed by atoms with van der Waals surface area (Å²) in [6.45, 7) is 1.91. The van der Waals surface area contributed by atoms with E-state index in [4.69, 9.17) is 16.3 Å². The monoisotopic (exact) mass is 346 g/mol. The maximum atomic E-state index is 12.1. The van der Waals surface area contributed by atoms with E-state index in [1.165, 1.54) is 6.92 Å². The number of ether oxygens (including phenoxy) is 1. The number of methoxy groups -OCH3 is 1. The van der Waals surface area contributed by atoms with Crippen molar-refractivity contribution in [3.8, 4) is 5.75 Å². The number of benzene rings is 2. The number of anilines is 1. The molecule has 0 atom stereocenters. The van der Waals surface area contributed by atoms with Crippen molar-refractivity contribution >= 4 is 29.1 Å². The molecule has 0 radical (unpaired) electrons. The third kappa shape index (κ3) is 4.99. The van der Waals surface area contributed by atoms with E-state index in [0.29, 0.717) is 35.0 Å². The molecule has 2 aromatic rings. The minimum atomic E-state index is -0.173. The molecule has 0 unspecified atom stereocenters. The van der Waals surface area contributed by atoms with E-state index >= 15 is 0 Å². The van der Waals surface area contributed by atoms with Crippen molar-refractivity contribution in [1.29, 1.82) is 0 Å². The Balaban J connectivity index is 1.96. The fourth-order valence-electron chi connectivity index (χ4n) is 2.25. The minimum Gasteiger partial charge on any atom is -0.495 e. The summed E-state index contributed by atoms with van der Waals surface area (Å²) in [4.78, 5) is 23.3. The van der Waals surface area contributed by atoms with E-state index in [2.05, 4.69) is 10.6 Å². The van der Waals surface area contributed by atoms with Crippen LogP contribution in [0.2, 0.25) is 5.02 Å². The molecule has 126 valence electrons. The molecular weight excluding hydrogens is 328 g/mol. The summed E-state index contributed by atoms with van der Waals surface area (Å²) in [5.41, 5.74) is 2.12. The topological polar surface area (TPSA) is 67.4 Å². The molecule has 0 bridgehead atoms. The summed E-state index contributed by atoms with van der Waals surface area (Å²) in [6, 6.07) is 12.3. The highest BCUT2D eigenvalue weighted by atomic mass is 35.5. The summed E-state index contributed by atoms with van der Waals surface area (Å²) in [6.07, 6.45) is 0.628. The zero-order chi connectivity index (χ0) is 17.5. The number of hydrogen-bond donors (Lipinski definition) is 2. The normalized spacial score (nSPS) is 10.1. The summed E-state index contributed by atoms with van der Waals surface area (Å²) in [7, 11) is 1.55. The summed E-state index contributed by atoms with van der Waals surface area (Å²) in [5.74, 6) is 0.254. The Labute approximate surface area is 146 Å². The van der Waals surface area contributed by atoms with Crippen LogP contribution in [0.5, 0.6) is 5.75 Å². The van der Waals surface area contributed by atoms with Gasteiger partial charge in [-0.2, -0.15) is 0 Å². The lowest BCUT2D eigenvalue weighted by Gasteiger charge is -2.11. The van der Waals surface area contributed by atoms with Gasteiger partial charge in [0.2, 0.25) is 5.91 Å². The first kappa shape index (κ1) is 17.8. The Kier molecular flexibility index (Phi) is 6.21. The molecular formula is C18H19ClN2O3. The van der Waals surface area contributed by atoms with E-state index in [1.54, 1.807) is 37.4 Å². The number of hydrogen-bond acceptors (Lipinski definition) is 3. The second-order valence-electron chi connectivity index (χ2n) is 5.23. The molecule has 0 aromatic heterocycles. The van der Waals surface area contributed by atoms with Gasteiger partial charge in [0.05, 0.1) is 12.8 Å². The highest BCUT2D eigenvalue weighted by Gasteiger charge is 2.08. The number of amides is 2. The largest absolute Gasteiger partial charge is 0.495 e. The molecule has 2 aromatic carbocycles. The van der Waals surface area contributed by atoms with E-state index in [1.807, 2.05) is 12.1 Å². The van der Waals surface area contributed by atoms with Crippen molar-refractivity contribution in [1.82, 2.24) is 5.32 Å². The Bertz CT molecular complexity index is 747. The van der Waals surface area contributed by atoms with Gasteiger partial charge < -0.3 is 15.4 Å². The van der Waals surface area contributed by atoms with Crippen molar-refractivity contribution < 1.29 is 14.3 Å². The molecule has 2 amide bonds. The second-order valence-corrected chi connectivity index (χ2v) is 5.67. The van der Waals surface area contributed by atoms with Gasteiger partial charge in [0.25, 0.3) is 5.91 Å². The first-order chi connectivity index (χ1) is 11.5. The van der Waals surface area contributed by atoms with Gasteiger partial charge in [-0.1, -0.05) is 23.7 Å². The molecule has 0 heterocycles. The van der Waals surface area contributed by atoms with Crippen LogP contribution in [0.25, 0.3) is 0 Å². The zero-order valence-corrected chi connectivity index (χ0v) is 14.3. The number of nitrogens with one attached hydrogen (secondary N) is 2. The second kappa shape index (κ2) is 8.36. The molecule has 5 nitrogen and oxygen atoms in total. The number of rotatable bonds is 6. The van der Waals surface area contributed by atoms with Crippen LogP contribution in [0, 0.1) is 0 Å². The zero-order valence-electron chi connectivity index (χ0n) is 13.6. The average molecular weight is 347 g/mol. The Morgan fingerprint density at radius 1 is 1.17 bits per heavy atom. The maximum Gasteiger partial charge on any atom is 0.251 e. The van der Waals surface area contributed by atoms with Crippen LogP contribution in [0.1, 0.15) is 22.8 Å². The molecule has 0 aliphatic heterocycles.